The lowest BCUT2D eigenvalue weighted by molar-refractivity contribution is 0.0134. The molecule has 0 bridgehead atoms. The van der Waals surface area contributed by atoms with Crippen molar-refractivity contribution in [2.45, 2.75) is 18.9 Å². The summed E-state index contributed by atoms with van der Waals surface area (Å²) in [6.45, 7) is 5.61. The third kappa shape index (κ3) is 3.82. The van der Waals surface area contributed by atoms with Crippen LogP contribution in [0.1, 0.15) is 23.2 Å². The van der Waals surface area contributed by atoms with E-state index < -0.39 is 0 Å². The molecule has 0 N–H and O–H groups in total. The molecule has 0 aromatic heterocycles. The van der Waals surface area contributed by atoms with Crippen molar-refractivity contribution < 1.29 is 9.53 Å². The van der Waals surface area contributed by atoms with Gasteiger partial charge in [-0.05, 0) is 37.1 Å². The average Bonchev–Trinajstić information content (AvgIpc) is 2.45. The Hall–Kier alpha value is -1.32. The zero-order valence-corrected chi connectivity index (χ0v) is 11.6. The summed E-state index contributed by atoms with van der Waals surface area (Å²) in [5, 5.41) is 0.641. The Kier molecular flexibility index (Phi) is 5.00. The number of piperidine rings is 1. The molecule has 3 nitrogen and oxygen atoms in total. The lowest BCUT2D eigenvalue weighted by Crippen LogP contribution is -2.43. The van der Waals surface area contributed by atoms with Gasteiger partial charge in [-0.25, -0.2) is 0 Å². The summed E-state index contributed by atoms with van der Waals surface area (Å²) >= 11 is 5.83. The predicted molar refractivity (Wildman–Crippen MR) is 76.5 cm³/mol. The molecule has 1 aliphatic heterocycles. The minimum absolute atomic E-state index is 0.0450. The fourth-order valence-corrected chi connectivity index (χ4v) is 2.36. The zero-order valence-electron chi connectivity index (χ0n) is 10.8. The smallest absolute Gasteiger partial charge is 0.253 e. The van der Waals surface area contributed by atoms with Gasteiger partial charge in [0.1, 0.15) is 0 Å². The summed E-state index contributed by atoms with van der Waals surface area (Å²) in [7, 11) is 0. The highest BCUT2D eigenvalue weighted by atomic mass is 35.5. The molecule has 1 fully saturated rings. The van der Waals surface area contributed by atoms with Crippen LogP contribution in [0.15, 0.2) is 36.9 Å². The van der Waals surface area contributed by atoms with Crippen LogP contribution in [0.3, 0.4) is 0 Å². The van der Waals surface area contributed by atoms with Gasteiger partial charge < -0.3 is 9.64 Å². The van der Waals surface area contributed by atoms with Crippen molar-refractivity contribution in [1.29, 1.82) is 0 Å². The van der Waals surface area contributed by atoms with E-state index in [4.69, 9.17) is 16.3 Å². The van der Waals surface area contributed by atoms with Crippen LogP contribution in [-0.2, 0) is 4.74 Å². The van der Waals surface area contributed by atoms with Crippen LogP contribution < -0.4 is 0 Å². The first-order chi connectivity index (χ1) is 9.20. The number of hydrogen-bond donors (Lipinski definition) is 0. The number of benzene rings is 1. The van der Waals surface area contributed by atoms with Crippen LogP contribution >= 0.6 is 11.6 Å². The van der Waals surface area contributed by atoms with Crippen molar-refractivity contribution in [3.05, 3.63) is 47.5 Å². The number of likely N-dealkylation sites (tertiary alicyclic amines) is 1. The van der Waals surface area contributed by atoms with E-state index in [0.29, 0.717) is 23.7 Å². The Balaban J connectivity index is 1.98. The van der Waals surface area contributed by atoms with Gasteiger partial charge in [0.05, 0.1) is 12.7 Å². The third-order valence-electron chi connectivity index (χ3n) is 3.21. The number of rotatable bonds is 4. The fraction of sp³-hybridized carbons (Fsp3) is 0.400. The van der Waals surface area contributed by atoms with Crippen LogP contribution in [-0.4, -0.2) is 36.6 Å². The maximum absolute atomic E-state index is 12.3. The molecule has 0 aliphatic carbocycles. The van der Waals surface area contributed by atoms with E-state index in [2.05, 4.69) is 6.58 Å². The topological polar surface area (TPSA) is 29.5 Å². The first kappa shape index (κ1) is 14.1. The molecular formula is C15H18ClNO2. The van der Waals surface area contributed by atoms with Gasteiger partial charge in [-0.3, -0.25) is 4.79 Å². The highest BCUT2D eigenvalue weighted by Gasteiger charge is 2.24. The van der Waals surface area contributed by atoms with Crippen LogP contribution in [0.4, 0.5) is 0 Å². The van der Waals surface area contributed by atoms with Gasteiger partial charge in [-0.2, -0.15) is 0 Å². The number of ether oxygens (including phenoxy) is 1. The maximum atomic E-state index is 12.3. The third-order valence-corrected chi connectivity index (χ3v) is 3.46. The molecule has 19 heavy (non-hydrogen) atoms. The molecule has 1 aliphatic rings. The van der Waals surface area contributed by atoms with E-state index >= 15 is 0 Å². The second kappa shape index (κ2) is 6.73. The van der Waals surface area contributed by atoms with Crippen LogP contribution in [0.25, 0.3) is 0 Å². The number of amides is 1. The zero-order chi connectivity index (χ0) is 13.7. The molecule has 102 valence electrons. The van der Waals surface area contributed by atoms with E-state index in [-0.39, 0.29) is 12.0 Å². The molecule has 1 heterocycles. The molecule has 1 aromatic rings. The minimum atomic E-state index is 0.0450. The van der Waals surface area contributed by atoms with Crippen molar-refractivity contribution in [1.82, 2.24) is 4.90 Å². The number of nitrogens with zero attached hydrogens (tertiary/aromatic N) is 1. The molecular weight excluding hydrogens is 262 g/mol. The standard InChI is InChI=1S/C15H18ClNO2/c1-2-10-19-14-4-3-9-17(11-14)15(18)12-5-7-13(16)8-6-12/h2,5-8,14H,1,3-4,9-11H2/t14-/m0/s1. The maximum Gasteiger partial charge on any atom is 0.253 e. The van der Waals surface area contributed by atoms with Gasteiger partial charge >= 0.3 is 0 Å². The van der Waals surface area contributed by atoms with Gasteiger partial charge in [0.15, 0.2) is 0 Å². The van der Waals surface area contributed by atoms with E-state index in [9.17, 15) is 4.79 Å². The van der Waals surface area contributed by atoms with Gasteiger partial charge in [0.25, 0.3) is 5.91 Å². The Morgan fingerprint density at radius 2 is 2.21 bits per heavy atom. The van der Waals surface area contributed by atoms with Gasteiger partial charge in [-0.1, -0.05) is 17.7 Å². The summed E-state index contributed by atoms with van der Waals surface area (Å²) in [5.41, 5.74) is 0.675. The molecule has 1 saturated heterocycles. The van der Waals surface area contributed by atoms with Crippen molar-refractivity contribution in [3.63, 3.8) is 0 Å². The van der Waals surface area contributed by atoms with Gasteiger partial charge in [-0.15, -0.1) is 6.58 Å². The second-order valence-corrected chi connectivity index (χ2v) is 5.08. The number of carbonyl (C=O) groups excluding carboxylic acids is 1. The molecule has 1 atom stereocenters. The normalized spacial score (nSPS) is 19.2. The first-order valence-corrected chi connectivity index (χ1v) is 6.86. The number of carbonyl (C=O) groups is 1. The Labute approximate surface area is 118 Å². The van der Waals surface area contributed by atoms with Crippen LogP contribution in [0.5, 0.6) is 0 Å². The van der Waals surface area contributed by atoms with E-state index in [0.717, 1.165) is 19.4 Å². The summed E-state index contributed by atoms with van der Waals surface area (Å²) in [5.74, 6) is 0.0450. The van der Waals surface area contributed by atoms with Crippen molar-refractivity contribution in [2.75, 3.05) is 19.7 Å². The molecule has 0 spiro atoms. The summed E-state index contributed by atoms with van der Waals surface area (Å²) < 4.78 is 5.63. The highest BCUT2D eigenvalue weighted by molar-refractivity contribution is 6.30. The van der Waals surface area contributed by atoms with Crippen molar-refractivity contribution in [3.8, 4) is 0 Å². The van der Waals surface area contributed by atoms with E-state index in [1.807, 2.05) is 4.90 Å². The monoisotopic (exact) mass is 279 g/mol. The molecule has 1 aromatic carbocycles. The largest absolute Gasteiger partial charge is 0.372 e. The molecule has 4 heteroatoms. The van der Waals surface area contributed by atoms with Crippen LogP contribution in [0, 0.1) is 0 Å². The summed E-state index contributed by atoms with van der Waals surface area (Å²) in [6, 6.07) is 7.01. The SMILES string of the molecule is C=CCO[C@H]1CCCN(C(=O)c2ccc(Cl)cc2)C1. The molecule has 0 unspecified atom stereocenters. The lowest BCUT2D eigenvalue weighted by atomic mass is 10.1. The predicted octanol–water partition coefficient (Wildman–Crippen LogP) is 3.15. The van der Waals surface area contributed by atoms with Crippen molar-refractivity contribution >= 4 is 17.5 Å². The second-order valence-electron chi connectivity index (χ2n) is 4.64. The minimum Gasteiger partial charge on any atom is -0.372 e. The number of hydrogen-bond acceptors (Lipinski definition) is 2. The summed E-state index contributed by atoms with van der Waals surface area (Å²) in [4.78, 5) is 14.2. The quantitative estimate of drug-likeness (QED) is 0.793. The Bertz CT molecular complexity index is 444. The Morgan fingerprint density at radius 3 is 2.89 bits per heavy atom. The van der Waals surface area contributed by atoms with E-state index in [1.54, 1.807) is 30.3 Å². The van der Waals surface area contributed by atoms with Crippen molar-refractivity contribution in [2.24, 2.45) is 0 Å². The van der Waals surface area contributed by atoms with E-state index in [1.165, 1.54) is 0 Å². The number of halogens is 1. The molecule has 0 saturated carbocycles. The Morgan fingerprint density at radius 1 is 1.47 bits per heavy atom. The van der Waals surface area contributed by atoms with Gasteiger partial charge in [0.2, 0.25) is 0 Å². The average molecular weight is 280 g/mol. The lowest BCUT2D eigenvalue weighted by Gasteiger charge is -2.32. The molecule has 1 amide bonds. The van der Waals surface area contributed by atoms with Gasteiger partial charge in [0, 0.05) is 23.7 Å². The fourth-order valence-electron chi connectivity index (χ4n) is 2.24. The highest BCUT2D eigenvalue weighted by Crippen LogP contribution is 2.17. The van der Waals surface area contributed by atoms with Crippen LogP contribution in [0.2, 0.25) is 5.02 Å². The summed E-state index contributed by atoms with van der Waals surface area (Å²) in [6.07, 6.45) is 3.82. The molecule has 0 radical (unpaired) electrons. The molecule has 2 rings (SSSR count). The first-order valence-electron chi connectivity index (χ1n) is 6.48.